The lowest BCUT2D eigenvalue weighted by Gasteiger charge is -2.44. The lowest BCUT2D eigenvalue weighted by Crippen LogP contribution is -2.51. The number of amides is 2. The van der Waals surface area contributed by atoms with Crippen molar-refractivity contribution in [3.63, 3.8) is 0 Å². The summed E-state index contributed by atoms with van der Waals surface area (Å²) >= 11 is 0. The van der Waals surface area contributed by atoms with E-state index in [4.69, 9.17) is 4.74 Å². The normalized spacial score (nSPS) is 31.0. The second-order valence-electron chi connectivity index (χ2n) is 8.49. The molecule has 0 radical (unpaired) electrons. The fraction of sp³-hybridized carbons (Fsp3) is 0.810. The van der Waals surface area contributed by atoms with E-state index in [2.05, 4.69) is 24.0 Å². The molecule has 0 aromatic rings. The van der Waals surface area contributed by atoms with E-state index in [9.17, 15) is 9.59 Å². The molecule has 0 aromatic carbocycles. The van der Waals surface area contributed by atoms with Crippen LogP contribution in [-0.2, 0) is 14.3 Å². The molecule has 2 amide bonds. The third-order valence-corrected chi connectivity index (χ3v) is 6.89. The second kappa shape index (κ2) is 7.71. The minimum Gasteiger partial charge on any atom is -0.381 e. The van der Waals surface area contributed by atoms with Crippen molar-refractivity contribution in [3.05, 3.63) is 12.2 Å². The fourth-order valence-corrected chi connectivity index (χ4v) is 5.00. The van der Waals surface area contributed by atoms with Crippen LogP contribution in [0.5, 0.6) is 0 Å². The number of likely N-dealkylation sites (tertiary alicyclic amines) is 2. The maximum Gasteiger partial charge on any atom is 0.228 e. The van der Waals surface area contributed by atoms with Gasteiger partial charge in [0.1, 0.15) is 0 Å². The Hall–Kier alpha value is -1.36. The lowest BCUT2D eigenvalue weighted by molar-refractivity contribution is -0.145. The summed E-state index contributed by atoms with van der Waals surface area (Å²) in [5.41, 5.74) is -0.267. The standard InChI is InChI=1S/C21H34N2O3/c1-4-22-16-21(17(18(22)24)15-26-5-2)11-13-23(14-12-21)19(25)20(3)9-7-6-8-10-20/h6-7,17H,4-5,8-16H2,1-3H3. The lowest BCUT2D eigenvalue weighted by atomic mass is 9.70. The maximum atomic E-state index is 13.1. The van der Waals surface area contributed by atoms with Gasteiger partial charge >= 0.3 is 0 Å². The van der Waals surface area contributed by atoms with Crippen molar-refractivity contribution in [2.75, 3.05) is 39.4 Å². The third kappa shape index (κ3) is 3.42. The molecule has 2 aliphatic heterocycles. The van der Waals surface area contributed by atoms with Crippen LogP contribution in [0.2, 0.25) is 0 Å². The third-order valence-electron chi connectivity index (χ3n) is 6.89. The average Bonchev–Trinajstić information content (AvgIpc) is 2.92. The predicted molar refractivity (Wildman–Crippen MR) is 102 cm³/mol. The van der Waals surface area contributed by atoms with Gasteiger partial charge in [0, 0.05) is 38.2 Å². The summed E-state index contributed by atoms with van der Waals surface area (Å²) in [6, 6.07) is 0. The van der Waals surface area contributed by atoms with Crippen molar-refractivity contribution in [1.29, 1.82) is 0 Å². The van der Waals surface area contributed by atoms with E-state index >= 15 is 0 Å². The summed E-state index contributed by atoms with van der Waals surface area (Å²) in [7, 11) is 0. The van der Waals surface area contributed by atoms with Crippen LogP contribution >= 0.6 is 0 Å². The van der Waals surface area contributed by atoms with Gasteiger partial charge < -0.3 is 14.5 Å². The molecule has 2 atom stereocenters. The Labute approximate surface area is 157 Å². The Balaban J connectivity index is 1.68. The quantitative estimate of drug-likeness (QED) is 0.707. The van der Waals surface area contributed by atoms with Crippen LogP contribution in [-0.4, -0.2) is 61.0 Å². The minimum absolute atomic E-state index is 0.0214. The number of hydrogen-bond donors (Lipinski definition) is 0. The molecule has 146 valence electrons. The number of rotatable bonds is 5. The van der Waals surface area contributed by atoms with E-state index in [-0.39, 0.29) is 22.7 Å². The molecule has 2 unspecified atom stereocenters. The smallest absolute Gasteiger partial charge is 0.228 e. The first-order chi connectivity index (χ1) is 12.5. The highest BCUT2D eigenvalue weighted by Crippen LogP contribution is 2.46. The van der Waals surface area contributed by atoms with Crippen molar-refractivity contribution in [2.45, 2.75) is 52.9 Å². The SMILES string of the molecule is CCOCC1C(=O)N(CC)CC12CCN(C(=O)C1(C)CC=CCC1)CC2. The Morgan fingerprint density at radius 1 is 1.23 bits per heavy atom. The monoisotopic (exact) mass is 362 g/mol. The predicted octanol–water partition coefficient (Wildman–Crippen LogP) is 2.86. The Kier molecular flexibility index (Phi) is 5.75. The number of hydrogen-bond acceptors (Lipinski definition) is 3. The number of allylic oxidation sites excluding steroid dienone is 2. The minimum atomic E-state index is -0.245. The first kappa shape index (κ1) is 19.4. The van der Waals surface area contributed by atoms with Crippen molar-refractivity contribution in [3.8, 4) is 0 Å². The second-order valence-corrected chi connectivity index (χ2v) is 8.49. The molecule has 2 heterocycles. The molecule has 1 aliphatic carbocycles. The van der Waals surface area contributed by atoms with Crippen molar-refractivity contribution in [1.82, 2.24) is 9.80 Å². The van der Waals surface area contributed by atoms with Crippen molar-refractivity contribution < 1.29 is 14.3 Å². The zero-order valence-corrected chi connectivity index (χ0v) is 16.6. The molecule has 5 heteroatoms. The summed E-state index contributed by atoms with van der Waals surface area (Å²) in [4.78, 5) is 29.9. The summed E-state index contributed by atoms with van der Waals surface area (Å²) in [5, 5.41) is 0. The van der Waals surface area contributed by atoms with E-state index in [0.717, 1.165) is 58.3 Å². The van der Waals surface area contributed by atoms with Crippen molar-refractivity contribution >= 4 is 11.8 Å². The van der Waals surface area contributed by atoms with Gasteiger partial charge in [-0.1, -0.05) is 19.1 Å². The first-order valence-electron chi connectivity index (χ1n) is 10.3. The van der Waals surface area contributed by atoms with E-state index in [1.54, 1.807) is 0 Å². The molecule has 5 nitrogen and oxygen atoms in total. The summed E-state index contributed by atoms with van der Waals surface area (Å²) in [5.74, 6) is 0.493. The Morgan fingerprint density at radius 3 is 2.54 bits per heavy atom. The van der Waals surface area contributed by atoms with Gasteiger partial charge in [-0.15, -0.1) is 0 Å². The number of ether oxygens (including phenoxy) is 1. The Morgan fingerprint density at radius 2 is 1.96 bits per heavy atom. The topological polar surface area (TPSA) is 49.9 Å². The number of piperidine rings is 1. The molecule has 0 N–H and O–H groups in total. The van der Waals surface area contributed by atoms with Crippen LogP contribution in [0.15, 0.2) is 12.2 Å². The molecular weight excluding hydrogens is 328 g/mol. The van der Waals surface area contributed by atoms with E-state index in [0.29, 0.717) is 19.1 Å². The zero-order valence-electron chi connectivity index (χ0n) is 16.6. The number of carbonyl (C=O) groups excluding carboxylic acids is 2. The van der Waals surface area contributed by atoms with Gasteiger partial charge in [-0.25, -0.2) is 0 Å². The van der Waals surface area contributed by atoms with E-state index in [1.807, 2.05) is 18.7 Å². The van der Waals surface area contributed by atoms with Gasteiger partial charge in [0.15, 0.2) is 0 Å². The van der Waals surface area contributed by atoms with Crippen molar-refractivity contribution in [2.24, 2.45) is 16.7 Å². The van der Waals surface area contributed by atoms with Gasteiger partial charge in [0.05, 0.1) is 17.9 Å². The van der Waals surface area contributed by atoms with Crippen LogP contribution in [0.4, 0.5) is 0 Å². The van der Waals surface area contributed by atoms with Gasteiger partial charge in [0.25, 0.3) is 0 Å². The van der Waals surface area contributed by atoms with Crippen LogP contribution in [0, 0.1) is 16.7 Å². The summed E-state index contributed by atoms with van der Waals surface area (Å²) in [6.45, 7) is 10.4. The molecular formula is C21H34N2O3. The average molecular weight is 363 g/mol. The van der Waals surface area contributed by atoms with Crippen LogP contribution < -0.4 is 0 Å². The van der Waals surface area contributed by atoms with E-state index < -0.39 is 0 Å². The Bertz CT molecular complexity index is 566. The molecule has 2 saturated heterocycles. The molecule has 26 heavy (non-hydrogen) atoms. The van der Waals surface area contributed by atoms with Crippen LogP contribution in [0.3, 0.4) is 0 Å². The molecule has 0 saturated carbocycles. The molecule has 1 spiro atoms. The molecule has 0 bridgehead atoms. The molecule has 3 aliphatic rings. The summed E-state index contributed by atoms with van der Waals surface area (Å²) < 4.78 is 5.66. The van der Waals surface area contributed by atoms with Gasteiger partial charge in [0.2, 0.25) is 11.8 Å². The first-order valence-corrected chi connectivity index (χ1v) is 10.3. The maximum absolute atomic E-state index is 13.1. The summed E-state index contributed by atoms with van der Waals surface area (Å²) in [6.07, 6.45) is 8.94. The highest BCUT2D eigenvalue weighted by atomic mass is 16.5. The van der Waals surface area contributed by atoms with Gasteiger partial charge in [-0.3, -0.25) is 9.59 Å². The highest BCUT2D eigenvalue weighted by molar-refractivity contribution is 5.84. The van der Waals surface area contributed by atoms with Gasteiger partial charge in [-0.05, 0) is 46.0 Å². The largest absolute Gasteiger partial charge is 0.381 e. The fourth-order valence-electron chi connectivity index (χ4n) is 5.00. The highest BCUT2D eigenvalue weighted by Gasteiger charge is 2.53. The molecule has 3 rings (SSSR count). The molecule has 2 fully saturated rings. The number of nitrogens with zero attached hydrogens (tertiary/aromatic N) is 2. The van der Waals surface area contributed by atoms with Crippen LogP contribution in [0.1, 0.15) is 52.9 Å². The van der Waals surface area contributed by atoms with Crippen LogP contribution in [0.25, 0.3) is 0 Å². The zero-order chi connectivity index (χ0) is 18.8. The molecule has 0 aromatic heterocycles. The van der Waals surface area contributed by atoms with Gasteiger partial charge in [-0.2, -0.15) is 0 Å². The number of carbonyl (C=O) groups is 2. The van der Waals surface area contributed by atoms with E-state index in [1.165, 1.54) is 0 Å².